The number of hydrogen-bond acceptors (Lipinski definition) is 5. The smallest absolute Gasteiger partial charge is 0.218 e. The second kappa shape index (κ2) is 7.56. The molecule has 1 aromatic carbocycles. The maximum atomic E-state index is 12.2. The van der Waals surface area contributed by atoms with Crippen molar-refractivity contribution in [3.63, 3.8) is 0 Å². The van der Waals surface area contributed by atoms with Crippen molar-refractivity contribution in [2.45, 2.75) is 12.3 Å². The van der Waals surface area contributed by atoms with Gasteiger partial charge in [-0.25, -0.2) is 8.42 Å². The molecule has 0 aromatic heterocycles. The van der Waals surface area contributed by atoms with Crippen LogP contribution in [0.4, 0.5) is 0 Å². The highest BCUT2D eigenvalue weighted by Crippen LogP contribution is 2.14. The molecule has 1 aromatic rings. The van der Waals surface area contributed by atoms with Gasteiger partial charge in [0.05, 0.1) is 19.0 Å². The Bertz CT molecular complexity index is 484. The van der Waals surface area contributed by atoms with Gasteiger partial charge >= 0.3 is 0 Å². The van der Waals surface area contributed by atoms with Crippen molar-refractivity contribution in [2.24, 2.45) is 5.73 Å². The molecule has 0 fully saturated rings. The van der Waals surface area contributed by atoms with E-state index < -0.39 is 10.0 Å². The summed E-state index contributed by atoms with van der Waals surface area (Å²) in [4.78, 5) is 0. The van der Waals surface area contributed by atoms with Gasteiger partial charge in [-0.05, 0) is 11.1 Å². The Morgan fingerprint density at radius 2 is 1.58 bits per heavy atom. The van der Waals surface area contributed by atoms with Gasteiger partial charge < -0.3 is 15.9 Å². The SMILES string of the molecule is NCc1ccccc1CS(=O)(=O)N(CCO)CCO. The number of rotatable bonds is 8. The van der Waals surface area contributed by atoms with Gasteiger partial charge in [-0.1, -0.05) is 24.3 Å². The molecule has 4 N–H and O–H groups in total. The van der Waals surface area contributed by atoms with Gasteiger partial charge in [0, 0.05) is 19.6 Å². The van der Waals surface area contributed by atoms with Gasteiger partial charge in [0.25, 0.3) is 0 Å². The molecule has 0 atom stereocenters. The highest BCUT2D eigenvalue weighted by Gasteiger charge is 2.22. The van der Waals surface area contributed by atoms with Crippen LogP contribution in [0, 0.1) is 0 Å². The first-order valence-electron chi connectivity index (χ1n) is 6.01. The van der Waals surface area contributed by atoms with Crippen LogP contribution < -0.4 is 5.73 Å². The molecule has 108 valence electrons. The molecule has 0 saturated heterocycles. The zero-order chi connectivity index (χ0) is 14.3. The summed E-state index contributed by atoms with van der Waals surface area (Å²) in [5.41, 5.74) is 7.00. The molecule has 0 aliphatic rings. The van der Waals surface area contributed by atoms with E-state index in [1.165, 1.54) is 0 Å². The lowest BCUT2D eigenvalue weighted by Crippen LogP contribution is -2.36. The van der Waals surface area contributed by atoms with Crippen molar-refractivity contribution in [1.29, 1.82) is 0 Å². The first-order valence-corrected chi connectivity index (χ1v) is 7.62. The van der Waals surface area contributed by atoms with E-state index in [2.05, 4.69) is 0 Å². The minimum atomic E-state index is -3.57. The number of nitrogens with zero attached hydrogens (tertiary/aromatic N) is 1. The van der Waals surface area contributed by atoms with Crippen LogP contribution in [0.1, 0.15) is 11.1 Å². The topological polar surface area (TPSA) is 104 Å². The van der Waals surface area contributed by atoms with Crippen LogP contribution >= 0.6 is 0 Å². The van der Waals surface area contributed by atoms with E-state index in [4.69, 9.17) is 15.9 Å². The molecule has 0 heterocycles. The average molecular weight is 288 g/mol. The zero-order valence-corrected chi connectivity index (χ0v) is 11.5. The Labute approximate surface area is 113 Å². The molecule has 0 amide bonds. The lowest BCUT2D eigenvalue weighted by Gasteiger charge is -2.21. The largest absolute Gasteiger partial charge is 0.395 e. The Balaban J connectivity index is 2.93. The van der Waals surface area contributed by atoms with E-state index in [9.17, 15) is 8.42 Å². The maximum absolute atomic E-state index is 12.2. The molecule has 7 heteroatoms. The van der Waals surface area contributed by atoms with Crippen LogP contribution in [0.15, 0.2) is 24.3 Å². The van der Waals surface area contributed by atoms with E-state index in [-0.39, 0.29) is 38.6 Å². The molecule has 0 spiro atoms. The van der Waals surface area contributed by atoms with Crippen LogP contribution in [0.25, 0.3) is 0 Å². The maximum Gasteiger partial charge on any atom is 0.218 e. The molecule has 0 aliphatic carbocycles. The molecule has 0 unspecified atom stereocenters. The average Bonchev–Trinajstić information content (AvgIpc) is 2.38. The van der Waals surface area contributed by atoms with Gasteiger partial charge in [0.2, 0.25) is 10.0 Å². The minimum absolute atomic E-state index is 0.0202. The number of sulfonamides is 1. The van der Waals surface area contributed by atoms with Crippen LogP contribution in [-0.2, 0) is 22.3 Å². The number of aliphatic hydroxyl groups excluding tert-OH is 2. The van der Waals surface area contributed by atoms with Gasteiger partial charge in [-0.3, -0.25) is 0 Å². The fourth-order valence-electron chi connectivity index (χ4n) is 1.80. The summed E-state index contributed by atoms with van der Waals surface area (Å²) in [5, 5.41) is 17.8. The van der Waals surface area contributed by atoms with Crippen LogP contribution in [0.5, 0.6) is 0 Å². The van der Waals surface area contributed by atoms with E-state index in [0.717, 1.165) is 9.87 Å². The Hall–Kier alpha value is -0.990. The lowest BCUT2D eigenvalue weighted by atomic mass is 10.1. The number of benzene rings is 1. The van der Waals surface area contributed by atoms with Gasteiger partial charge in [-0.2, -0.15) is 4.31 Å². The molecule has 6 nitrogen and oxygen atoms in total. The summed E-state index contributed by atoms with van der Waals surface area (Å²) in [6, 6.07) is 7.06. The van der Waals surface area contributed by atoms with Crippen molar-refractivity contribution in [2.75, 3.05) is 26.3 Å². The predicted octanol–water partition coefficient (Wildman–Crippen LogP) is -0.738. The van der Waals surface area contributed by atoms with E-state index in [1.807, 2.05) is 0 Å². The van der Waals surface area contributed by atoms with Crippen LogP contribution in [0.2, 0.25) is 0 Å². The molecule has 0 bridgehead atoms. The van der Waals surface area contributed by atoms with Crippen molar-refractivity contribution in [3.05, 3.63) is 35.4 Å². The highest BCUT2D eigenvalue weighted by molar-refractivity contribution is 7.88. The number of hydrogen-bond donors (Lipinski definition) is 3. The van der Waals surface area contributed by atoms with E-state index in [1.54, 1.807) is 24.3 Å². The first-order chi connectivity index (χ1) is 9.05. The quantitative estimate of drug-likeness (QED) is 0.584. The van der Waals surface area contributed by atoms with Crippen molar-refractivity contribution < 1.29 is 18.6 Å². The molecular formula is C12H20N2O4S. The van der Waals surface area contributed by atoms with Gasteiger partial charge in [0.15, 0.2) is 0 Å². The zero-order valence-electron chi connectivity index (χ0n) is 10.7. The van der Waals surface area contributed by atoms with Gasteiger partial charge in [0.1, 0.15) is 0 Å². The number of aliphatic hydroxyl groups is 2. The van der Waals surface area contributed by atoms with Crippen molar-refractivity contribution in [1.82, 2.24) is 4.31 Å². The standard InChI is InChI=1S/C12H20N2O4S/c13-9-11-3-1-2-4-12(11)10-19(17,18)14(5-7-15)6-8-16/h1-4,15-16H,5-10,13H2. The second-order valence-electron chi connectivity index (χ2n) is 4.08. The summed E-state index contributed by atoms with van der Waals surface area (Å²) in [6.07, 6.45) is 0. The summed E-state index contributed by atoms with van der Waals surface area (Å²) < 4.78 is 25.5. The number of nitrogens with two attached hydrogens (primary N) is 1. The first kappa shape index (κ1) is 16.1. The normalized spacial score (nSPS) is 12.0. The summed E-state index contributed by atoms with van der Waals surface area (Å²) >= 11 is 0. The van der Waals surface area contributed by atoms with E-state index in [0.29, 0.717) is 5.56 Å². The molecule has 19 heavy (non-hydrogen) atoms. The second-order valence-corrected chi connectivity index (χ2v) is 6.04. The third kappa shape index (κ3) is 4.55. The molecule has 0 aliphatic heterocycles. The highest BCUT2D eigenvalue weighted by atomic mass is 32.2. The Morgan fingerprint density at radius 1 is 1.05 bits per heavy atom. The molecule has 0 saturated carbocycles. The molecule has 1 rings (SSSR count). The minimum Gasteiger partial charge on any atom is -0.395 e. The third-order valence-corrected chi connectivity index (χ3v) is 4.60. The summed E-state index contributed by atoms with van der Waals surface area (Å²) in [6.45, 7) is -0.331. The fourth-order valence-corrected chi connectivity index (χ4v) is 3.38. The summed E-state index contributed by atoms with van der Waals surface area (Å²) in [7, 11) is -3.57. The van der Waals surface area contributed by atoms with Crippen LogP contribution in [0.3, 0.4) is 0 Å². The molecular weight excluding hydrogens is 268 g/mol. The monoisotopic (exact) mass is 288 g/mol. The van der Waals surface area contributed by atoms with Crippen molar-refractivity contribution >= 4 is 10.0 Å². The molecule has 0 radical (unpaired) electrons. The van der Waals surface area contributed by atoms with Gasteiger partial charge in [-0.15, -0.1) is 0 Å². The third-order valence-electron chi connectivity index (χ3n) is 2.77. The lowest BCUT2D eigenvalue weighted by molar-refractivity contribution is 0.217. The fraction of sp³-hybridized carbons (Fsp3) is 0.500. The Kier molecular flexibility index (Phi) is 6.40. The summed E-state index contributed by atoms with van der Waals surface area (Å²) in [5.74, 6) is -0.180. The Morgan fingerprint density at radius 3 is 2.05 bits per heavy atom. The van der Waals surface area contributed by atoms with Crippen molar-refractivity contribution in [3.8, 4) is 0 Å². The van der Waals surface area contributed by atoms with E-state index >= 15 is 0 Å². The van der Waals surface area contributed by atoms with Crippen LogP contribution in [-0.4, -0.2) is 49.2 Å². The predicted molar refractivity (Wildman–Crippen MR) is 72.7 cm³/mol.